The van der Waals surface area contributed by atoms with Crippen molar-refractivity contribution in [2.75, 3.05) is 21.3 Å². The number of hydrogen-bond donors (Lipinski definition) is 0. The summed E-state index contributed by atoms with van der Waals surface area (Å²) in [5, 5.41) is -0.290. The van der Waals surface area contributed by atoms with E-state index < -0.39 is 0 Å². The summed E-state index contributed by atoms with van der Waals surface area (Å²) in [6, 6.07) is 11.2. The summed E-state index contributed by atoms with van der Waals surface area (Å²) in [6.07, 6.45) is 1.66. The van der Waals surface area contributed by atoms with E-state index in [1.54, 1.807) is 18.2 Å². The third-order valence-corrected chi connectivity index (χ3v) is 5.74. The monoisotopic (exact) mass is 511 g/mol. The molecule has 2 amide bonds. The van der Waals surface area contributed by atoms with Crippen molar-refractivity contribution in [2.24, 2.45) is 0 Å². The van der Waals surface area contributed by atoms with Crippen LogP contribution in [-0.2, 0) is 11.3 Å². The van der Waals surface area contributed by atoms with Crippen molar-refractivity contribution in [3.8, 4) is 17.2 Å². The van der Waals surface area contributed by atoms with Gasteiger partial charge in [-0.15, -0.1) is 0 Å². The molecule has 1 aliphatic heterocycles. The second-order valence-electron chi connectivity index (χ2n) is 5.85. The van der Waals surface area contributed by atoms with Crippen molar-refractivity contribution in [3.63, 3.8) is 0 Å². The normalized spacial score (nSPS) is 15.3. The number of methoxy groups -OCH3 is 3. The third-order valence-electron chi connectivity index (χ3n) is 4.11. The molecule has 2 aromatic rings. The van der Waals surface area contributed by atoms with Crippen LogP contribution in [0.3, 0.4) is 0 Å². The highest BCUT2D eigenvalue weighted by Gasteiger charge is 2.35. The fraction of sp³-hybridized carbons (Fsp3) is 0.200. The van der Waals surface area contributed by atoms with Gasteiger partial charge < -0.3 is 14.2 Å². The molecule has 28 heavy (non-hydrogen) atoms. The molecule has 0 saturated carbocycles. The van der Waals surface area contributed by atoms with Crippen molar-refractivity contribution in [3.05, 3.63) is 56.0 Å². The maximum Gasteiger partial charge on any atom is 0.293 e. The predicted molar refractivity (Wildman–Crippen MR) is 117 cm³/mol. The van der Waals surface area contributed by atoms with Crippen LogP contribution < -0.4 is 14.2 Å². The Morgan fingerprint density at radius 3 is 2.14 bits per heavy atom. The van der Waals surface area contributed by atoms with E-state index in [2.05, 4.69) is 22.6 Å². The van der Waals surface area contributed by atoms with E-state index in [-0.39, 0.29) is 17.7 Å². The van der Waals surface area contributed by atoms with Crippen molar-refractivity contribution < 1.29 is 23.8 Å². The third kappa shape index (κ3) is 4.27. The number of carbonyl (C=O) groups excluding carboxylic acids is 2. The molecule has 8 heteroatoms. The molecule has 0 bridgehead atoms. The lowest BCUT2D eigenvalue weighted by molar-refractivity contribution is -0.123. The Kier molecular flexibility index (Phi) is 6.50. The minimum Gasteiger partial charge on any atom is -0.493 e. The van der Waals surface area contributed by atoms with E-state index in [1.165, 1.54) is 26.2 Å². The fourth-order valence-electron chi connectivity index (χ4n) is 2.74. The van der Waals surface area contributed by atoms with Crippen LogP contribution in [0.4, 0.5) is 4.79 Å². The number of halogens is 1. The molecule has 0 aliphatic carbocycles. The average Bonchev–Trinajstić information content (AvgIpc) is 2.96. The zero-order valence-electron chi connectivity index (χ0n) is 15.5. The Bertz CT molecular complexity index is 917. The van der Waals surface area contributed by atoms with Gasteiger partial charge in [-0.05, 0) is 75.8 Å². The number of ether oxygens (including phenoxy) is 3. The van der Waals surface area contributed by atoms with Gasteiger partial charge in [0.1, 0.15) is 0 Å². The Hall–Kier alpha value is -2.20. The van der Waals surface area contributed by atoms with Crippen LogP contribution >= 0.6 is 34.4 Å². The van der Waals surface area contributed by atoms with Crippen LogP contribution in [0, 0.1) is 3.57 Å². The van der Waals surface area contributed by atoms with Gasteiger partial charge in [-0.2, -0.15) is 0 Å². The molecule has 3 rings (SSSR count). The van der Waals surface area contributed by atoms with Crippen LogP contribution in [-0.4, -0.2) is 37.4 Å². The van der Waals surface area contributed by atoms with E-state index in [0.29, 0.717) is 27.7 Å². The highest BCUT2D eigenvalue weighted by atomic mass is 127. The topological polar surface area (TPSA) is 65.1 Å². The van der Waals surface area contributed by atoms with Crippen molar-refractivity contribution in [2.45, 2.75) is 6.54 Å². The van der Waals surface area contributed by atoms with Gasteiger partial charge in [-0.1, -0.05) is 12.1 Å². The first-order valence-corrected chi connectivity index (χ1v) is 10.2. The van der Waals surface area contributed by atoms with Crippen LogP contribution in [0.2, 0.25) is 0 Å². The van der Waals surface area contributed by atoms with Gasteiger partial charge in [-0.3, -0.25) is 14.5 Å². The quantitative estimate of drug-likeness (QED) is 0.419. The zero-order valence-corrected chi connectivity index (χ0v) is 18.5. The Morgan fingerprint density at radius 1 is 1.00 bits per heavy atom. The molecule has 0 spiro atoms. The van der Waals surface area contributed by atoms with E-state index in [0.717, 1.165) is 20.9 Å². The van der Waals surface area contributed by atoms with E-state index in [4.69, 9.17) is 14.2 Å². The SMILES string of the molecule is COc1cc(/C=C2/SC(=O)N(Cc3ccc(I)cc3)C2=O)cc(OC)c1OC. The van der Waals surface area contributed by atoms with E-state index in [9.17, 15) is 9.59 Å². The second kappa shape index (κ2) is 8.87. The van der Waals surface area contributed by atoms with Crippen molar-refractivity contribution in [1.82, 2.24) is 4.90 Å². The smallest absolute Gasteiger partial charge is 0.293 e. The average molecular weight is 511 g/mol. The first kappa shape index (κ1) is 20.5. The maximum atomic E-state index is 12.8. The van der Waals surface area contributed by atoms with E-state index in [1.807, 2.05) is 24.3 Å². The molecule has 0 unspecified atom stereocenters. The lowest BCUT2D eigenvalue weighted by Gasteiger charge is -2.13. The van der Waals surface area contributed by atoms with Crippen molar-refractivity contribution >= 4 is 51.6 Å². The van der Waals surface area contributed by atoms with Gasteiger partial charge in [0.05, 0.1) is 32.8 Å². The minimum absolute atomic E-state index is 0.244. The van der Waals surface area contributed by atoms with Gasteiger partial charge in [0.2, 0.25) is 5.75 Å². The van der Waals surface area contributed by atoms with Gasteiger partial charge in [0, 0.05) is 3.57 Å². The van der Waals surface area contributed by atoms with Crippen LogP contribution in [0.25, 0.3) is 6.08 Å². The Morgan fingerprint density at radius 2 is 1.61 bits per heavy atom. The molecule has 0 N–H and O–H groups in total. The lowest BCUT2D eigenvalue weighted by atomic mass is 10.1. The molecule has 6 nitrogen and oxygen atoms in total. The summed E-state index contributed by atoms with van der Waals surface area (Å²) in [4.78, 5) is 26.7. The number of amides is 2. The first-order chi connectivity index (χ1) is 13.5. The van der Waals surface area contributed by atoms with Gasteiger partial charge in [-0.25, -0.2) is 0 Å². The van der Waals surface area contributed by atoms with Gasteiger partial charge in [0.15, 0.2) is 11.5 Å². The van der Waals surface area contributed by atoms with Crippen LogP contribution in [0.5, 0.6) is 17.2 Å². The molecule has 1 fully saturated rings. The summed E-state index contributed by atoms with van der Waals surface area (Å²) in [7, 11) is 4.57. The summed E-state index contributed by atoms with van der Waals surface area (Å²) >= 11 is 3.13. The molecule has 0 radical (unpaired) electrons. The number of imide groups is 1. The standard InChI is InChI=1S/C20H18INO5S/c1-25-15-8-13(9-16(26-2)18(15)27-3)10-17-19(23)22(20(24)28-17)11-12-4-6-14(21)7-5-12/h4-10H,11H2,1-3H3/b17-10+. The summed E-state index contributed by atoms with van der Waals surface area (Å²) < 4.78 is 17.1. The van der Waals surface area contributed by atoms with Gasteiger partial charge in [0.25, 0.3) is 11.1 Å². The van der Waals surface area contributed by atoms with Crippen LogP contribution in [0.15, 0.2) is 41.3 Å². The van der Waals surface area contributed by atoms with E-state index >= 15 is 0 Å². The predicted octanol–water partition coefficient (Wildman–Crippen LogP) is 4.55. The molecular weight excluding hydrogens is 493 g/mol. The minimum atomic E-state index is -0.317. The molecule has 2 aromatic carbocycles. The Balaban J connectivity index is 1.88. The molecule has 1 aliphatic rings. The maximum absolute atomic E-state index is 12.8. The second-order valence-corrected chi connectivity index (χ2v) is 8.09. The molecule has 0 atom stereocenters. The highest BCUT2D eigenvalue weighted by molar-refractivity contribution is 14.1. The van der Waals surface area contributed by atoms with Crippen LogP contribution in [0.1, 0.15) is 11.1 Å². The number of thioether (sulfide) groups is 1. The number of nitrogens with zero attached hydrogens (tertiary/aromatic N) is 1. The largest absolute Gasteiger partial charge is 0.493 e. The van der Waals surface area contributed by atoms with Crippen molar-refractivity contribution in [1.29, 1.82) is 0 Å². The zero-order chi connectivity index (χ0) is 20.3. The molecule has 1 saturated heterocycles. The lowest BCUT2D eigenvalue weighted by Crippen LogP contribution is -2.27. The Labute approximate surface area is 181 Å². The summed E-state index contributed by atoms with van der Waals surface area (Å²) in [5.41, 5.74) is 1.58. The molecule has 146 valence electrons. The number of hydrogen-bond acceptors (Lipinski definition) is 6. The summed E-state index contributed by atoms with van der Waals surface area (Å²) in [5.74, 6) is 1.11. The molecule has 0 aromatic heterocycles. The highest BCUT2D eigenvalue weighted by Crippen LogP contribution is 2.40. The number of benzene rings is 2. The van der Waals surface area contributed by atoms with Gasteiger partial charge >= 0.3 is 0 Å². The molecule has 1 heterocycles. The first-order valence-electron chi connectivity index (χ1n) is 8.26. The number of carbonyl (C=O) groups is 2. The molecular formula is C20H18INO5S. The fourth-order valence-corrected chi connectivity index (χ4v) is 3.94. The number of rotatable bonds is 6. The summed E-state index contributed by atoms with van der Waals surface area (Å²) in [6.45, 7) is 0.244.